The summed E-state index contributed by atoms with van der Waals surface area (Å²) in [6.45, 7) is 3.48. The van der Waals surface area contributed by atoms with Gasteiger partial charge >= 0.3 is 5.97 Å². The Balaban J connectivity index is 1.89. The van der Waals surface area contributed by atoms with E-state index < -0.39 is 41.0 Å². The molecule has 3 aromatic carbocycles. The Bertz CT molecular complexity index is 1170. The molecule has 0 spiro atoms. The smallest absolute Gasteiger partial charge is 0.326 e. The van der Waals surface area contributed by atoms with Gasteiger partial charge in [-0.2, -0.15) is 0 Å². The monoisotopic (exact) mass is 547 g/mol. The lowest BCUT2D eigenvalue weighted by atomic mass is 9.84. The molecule has 0 aliphatic heterocycles. The zero-order valence-corrected chi connectivity index (χ0v) is 22.7. The summed E-state index contributed by atoms with van der Waals surface area (Å²) in [6.07, 6.45) is -0.552. The number of nitrogens with two attached hydrogens (primary N) is 1. The van der Waals surface area contributed by atoms with Gasteiger partial charge in [0.15, 0.2) is 0 Å². The van der Waals surface area contributed by atoms with E-state index in [2.05, 4.69) is 10.6 Å². The van der Waals surface area contributed by atoms with E-state index in [9.17, 15) is 24.3 Å². The highest BCUT2D eigenvalue weighted by Gasteiger charge is 2.38. The predicted octanol–water partition coefficient (Wildman–Crippen LogP) is 3.30. The van der Waals surface area contributed by atoms with Crippen molar-refractivity contribution >= 4 is 35.5 Å². The van der Waals surface area contributed by atoms with Gasteiger partial charge in [0.1, 0.15) is 12.1 Å². The Kier molecular flexibility index (Phi) is 10.3. The summed E-state index contributed by atoms with van der Waals surface area (Å²) in [7, 11) is 0. The minimum atomic E-state index is -1.48. The molecule has 2 atom stereocenters. The predicted molar refractivity (Wildman–Crippen MR) is 152 cm³/mol. The minimum Gasteiger partial charge on any atom is -0.480 e. The van der Waals surface area contributed by atoms with Gasteiger partial charge in [-0.05, 0) is 22.6 Å². The SMILES string of the molecule is CC(C)[C@H](NC(=O)CSC(c1ccccc1)(c1ccccc1)c1ccccc1)C(=O)N[C@@H](CC(N)=O)C(=O)O. The number of hydrogen-bond donors (Lipinski definition) is 4. The molecular weight excluding hydrogens is 514 g/mol. The van der Waals surface area contributed by atoms with Crippen LogP contribution in [0.15, 0.2) is 91.0 Å². The Labute approximate surface area is 232 Å². The van der Waals surface area contributed by atoms with Gasteiger partial charge in [-0.25, -0.2) is 4.79 Å². The van der Waals surface area contributed by atoms with Crippen LogP contribution in [0.4, 0.5) is 0 Å². The van der Waals surface area contributed by atoms with Crippen LogP contribution in [-0.2, 0) is 23.9 Å². The van der Waals surface area contributed by atoms with E-state index in [1.54, 1.807) is 13.8 Å². The highest BCUT2D eigenvalue weighted by Crippen LogP contribution is 2.48. The lowest BCUT2D eigenvalue weighted by Gasteiger charge is -2.35. The fourth-order valence-corrected chi connectivity index (χ4v) is 5.69. The molecule has 0 aliphatic carbocycles. The van der Waals surface area contributed by atoms with Crippen LogP contribution in [0.1, 0.15) is 37.0 Å². The Morgan fingerprint density at radius 3 is 1.59 bits per heavy atom. The molecule has 5 N–H and O–H groups in total. The number of carbonyl (C=O) groups is 4. The molecule has 0 aliphatic rings. The first kappa shape index (κ1) is 29.4. The van der Waals surface area contributed by atoms with Gasteiger partial charge in [0.2, 0.25) is 17.7 Å². The van der Waals surface area contributed by atoms with Gasteiger partial charge in [-0.1, -0.05) is 105 Å². The zero-order valence-electron chi connectivity index (χ0n) is 21.9. The van der Waals surface area contributed by atoms with Crippen LogP contribution in [0.3, 0.4) is 0 Å². The molecule has 3 aromatic rings. The van der Waals surface area contributed by atoms with Crippen LogP contribution in [0.25, 0.3) is 0 Å². The second-order valence-corrected chi connectivity index (χ2v) is 10.6. The summed E-state index contributed by atoms with van der Waals surface area (Å²) in [4.78, 5) is 49.0. The Morgan fingerprint density at radius 2 is 1.23 bits per heavy atom. The maximum atomic E-state index is 13.3. The lowest BCUT2D eigenvalue weighted by molar-refractivity contribution is -0.143. The van der Waals surface area contributed by atoms with Gasteiger partial charge < -0.3 is 21.5 Å². The molecule has 3 amide bonds. The molecule has 204 valence electrons. The first-order valence-corrected chi connectivity index (χ1v) is 13.5. The topological polar surface area (TPSA) is 139 Å². The Hall–Kier alpha value is -4.11. The molecule has 0 unspecified atom stereocenters. The summed E-state index contributed by atoms with van der Waals surface area (Å²) in [6, 6.07) is 27.3. The van der Waals surface area contributed by atoms with Gasteiger partial charge in [0, 0.05) is 0 Å². The molecule has 39 heavy (non-hydrogen) atoms. The van der Waals surface area contributed by atoms with E-state index in [1.165, 1.54) is 11.8 Å². The normalized spacial score (nSPS) is 12.8. The molecule has 0 saturated carbocycles. The number of amides is 3. The van der Waals surface area contributed by atoms with E-state index in [4.69, 9.17) is 5.73 Å². The highest BCUT2D eigenvalue weighted by atomic mass is 32.2. The van der Waals surface area contributed by atoms with Crippen LogP contribution in [-0.4, -0.2) is 46.6 Å². The summed E-state index contributed by atoms with van der Waals surface area (Å²) >= 11 is 1.43. The maximum absolute atomic E-state index is 13.3. The fraction of sp³-hybridized carbons (Fsp3) is 0.267. The number of carboxylic acids is 1. The number of nitrogens with one attached hydrogen (secondary N) is 2. The highest BCUT2D eigenvalue weighted by molar-refractivity contribution is 8.01. The third-order valence-electron chi connectivity index (χ3n) is 6.25. The van der Waals surface area contributed by atoms with Crippen molar-refractivity contribution < 1.29 is 24.3 Å². The van der Waals surface area contributed by atoms with Crippen molar-refractivity contribution in [1.82, 2.24) is 10.6 Å². The van der Waals surface area contributed by atoms with Crippen LogP contribution < -0.4 is 16.4 Å². The van der Waals surface area contributed by atoms with Crippen molar-refractivity contribution in [2.45, 2.75) is 37.1 Å². The fourth-order valence-electron chi connectivity index (χ4n) is 4.36. The van der Waals surface area contributed by atoms with Crippen molar-refractivity contribution in [3.05, 3.63) is 108 Å². The van der Waals surface area contributed by atoms with Crippen molar-refractivity contribution in [2.75, 3.05) is 5.75 Å². The molecule has 0 saturated heterocycles. The second kappa shape index (κ2) is 13.6. The molecule has 0 fully saturated rings. The molecule has 0 aromatic heterocycles. The lowest BCUT2D eigenvalue weighted by Crippen LogP contribution is -2.54. The van der Waals surface area contributed by atoms with Crippen molar-refractivity contribution in [2.24, 2.45) is 11.7 Å². The second-order valence-electron chi connectivity index (χ2n) is 9.43. The van der Waals surface area contributed by atoms with Gasteiger partial charge in [0.05, 0.1) is 16.9 Å². The quantitative estimate of drug-likeness (QED) is 0.242. The molecule has 3 rings (SSSR count). The Morgan fingerprint density at radius 1 is 0.795 bits per heavy atom. The maximum Gasteiger partial charge on any atom is 0.326 e. The summed E-state index contributed by atoms with van der Waals surface area (Å²) in [5, 5.41) is 14.4. The van der Waals surface area contributed by atoms with Crippen molar-refractivity contribution in [1.29, 1.82) is 0 Å². The number of hydrogen-bond acceptors (Lipinski definition) is 5. The largest absolute Gasteiger partial charge is 0.480 e. The third kappa shape index (κ3) is 7.48. The molecule has 0 bridgehead atoms. The summed E-state index contributed by atoms with van der Waals surface area (Å²) in [5.74, 6) is -3.66. The zero-order chi connectivity index (χ0) is 28.4. The van der Waals surface area contributed by atoms with E-state index >= 15 is 0 Å². The van der Waals surface area contributed by atoms with Crippen LogP contribution in [0, 0.1) is 5.92 Å². The van der Waals surface area contributed by atoms with Crippen LogP contribution in [0.2, 0.25) is 0 Å². The van der Waals surface area contributed by atoms with Gasteiger partial charge in [0.25, 0.3) is 0 Å². The number of aliphatic carboxylic acids is 1. The average molecular weight is 548 g/mol. The molecule has 9 heteroatoms. The van der Waals surface area contributed by atoms with E-state index in [1.807, 2.05) is 91.0 Å². The summed E-state index contributed by atoms with van der Waals surface area (Å²) < 4.78 is -0.716. The number of primary amides is 1. The van der Waals surface area contributed by atoms with E-state index in [0.29, 0.717) is 0 Å². The summed E-state index contributed by atoms with van der Waals surface area (Å²) in [5.41, 5.74) is 8.11. The number of benzene rings is 3. The number of rotatable bonds is 13. The van der Waals surface area contributed by atoms with Crippen molar-refractivity contribution in [3.8, 4) is 0 Å². The number of carboxylic acid groups (broad SMARTS) is 1. The van der Waals surface area contributed by atoms with Crippen LogP contribution in [0.5, 0.6) is 0 Å². The first-order valence-electron chi connectivity index (χ1n) is 12.6. The van der Waals surface area contributed by atoms with Crippen molar-refractivity contribution in [3.63, 3.8) is 0 Å². The number of carbonyl (C=O) groups excluding carboxylic acids is 3. The average Bonchev–Trinajstić information content (AvgIpc) is 2.93. The minimum absolute atomic E-state index is 0.0127. The van der Waals surface area contributed by atoms with Gasteiger partial charge in [-0.3, -0.25) is 14.4 Å². The first-order chi connectivity index (χ1) is 18.6. The van der Waals surface area contributed by atoms with Gasteiger partial charge in [-0.15, -0.1) is 11.8 Å². The van der Waals surface area contributed by atoms with Crippen LogP contribution >= 0.6 is 11.8 Å². The standard InChI is InChI=1S/C30H33N3O5S/c1-20(2)27(28(36)32-24(29(37)38)18-25(31)34)33-26(35)19-39-30(21-12-6-3-7-13-21,22-14-8-4-9-15-22)23-16-10-5-11-17-23/h3-17,20,24,27H,18-19H2,1-2H3,(H2,31,34)(H,32,36)(H,33,35)(H,37,38)/t24-,27-/m0/s1. The molecule has 8 nitrogen and oxygen atoms in total. The van der Waals surface area contributed by atoms with E-state index in [0.717, 1.165) is 16.7 Å². The molecular formula is C30H33N3O5S. The number of thioether (sulfide) groups is 1. The molecule has 0 radical (unpaired) electrons. The third-order valence-corrected chi connectivity index (χ3v) is 7.79. The molecule has 0 heterocycles. The van der Waals surface area contributed by atoms with E-state index in [-0.39, 0.29) is 17.6 Å².